The quantitative estimate of drug-likeness (QED) is 0.169. The number of hydrogen-bond donors (Lipinski definition) is 2. The van der Waals surface area contributed by atoms with E-state index in [4.69, 9.17) is 10.8 Å². The minimum absolute atomic E-state index is 0.0297. The number of hydrogen-bond acceptors (Lipinski definition) is 5. The Bertz CT molecular complexity index is 1310. The Morgan fingerprint density at radius 2 is 1.43 bits per heavy atom. The standard InChI is InChI=1S/C35H44F6N4O/c1-25-6-8-27(9-7-25)33(12-5-14-42,13-19-44-17-10-30(11-18-44)45-15-3-2-4-16-45)24-31(43)32(46)22-26-20-28(34(36,37)38)23-29(21-26)35(39,40)41/h6-9,14,20-21,23,30,42-43H,2-5,10-13,15-19,22,24H2,1H3/t33-/m0/s1. The molecule has 2 fully saturated rings. The Labute approximate surface area is 267 Å². The van der Waals surface area contributed by atoms with Gasteiger partial charge in [0.1, 0.15) is 0 Å². The molecule has 11 heteroatoms. The summed E-state index contributed by atoms with van der Waals surface area (Å²) in [5.74, 6) is -0.818. The van der Waals surface area contributed by atoms with Crippen LogP contribution in [0.3, 0.4) is 0 Å². The summed E-state index contributed by atoms with van der Waals surface area (Å²) < 4.78 is 80.5. The first kappa shape index (κ1) is 35.8. The maximum atomic E-state index is 13.4. The second-order valence-corrected chi connectivity index (χ2v) is 13.0. The molecule has 0 saturated carbocycles. The van der Waals surface area contributed by atoms with Gasteiger partial charge in [0.15, 0.2) is 5.78 Å². The van der Waals surface area contributed by atoms with Crippen LogP contribution in [0.2, 0.25) is 0 Å². The summed E-state index contributed by atoms with van der Waals surface area (Å²) in [6, 6.07) is 9.54. The largest absolute Gasteiger partial charge is 0.416 e. The minimum Gasteiger partial charge on any atom is -0.313 e. The highest BCUT2D eigenvalue weighted by atomic mass is 19.4. The Kier molecular flexibility index (Phi) is 11.9. The summed E-state index contributed by atoms with van der Waals surface area (Å²) in [7, 11) is 0. The van der Waals surface area contributed by atoms with E-state index in [1.165, 1.54) is 25.5 Å². The average Bonchev–Trinajstić information content (AvgIpc) is 3.02. The molecule has 2 heterocycles. The topological polar surface area (TPSA) is 71.2 Å². The van der Waals surface area contributed by atoms with Crippen molar-refractivity contribution in [2.24, 2.45) is 0 Å². The second kappa shape index (κ2) is 15.2. The number of carbonyl (C=O) groups excluding carboxylic acids is 1. The maximum Gasteiger partial charge on any atom is 0.416 e. The minimum atomic E-state index is -5.03. The van der Waals surface area contributed by atoms with Gasteiger partial charge >= 0.3 is 12.4 Å². The first-order chi connectivity index (χ1) is 21.7. The van der Waals surface area contributed by atoms with Crippen LogP contribution in [0.25, 0.3) is 0 Å². The van der Waals surface area contributed by atoms with Gasteiger partial charge in [0.25, 0.3) is 0 Å². The zero-order chi connectivity index (χ0) is 33.5. The number of ketones is 1. The zero-order valence-electron chi connectivity index (χ0n) is 26.4. The monoisotopic (exact) mass is 650 g/mol. The molecule has 2 aromatic rings. The van der Waals surface area contributed by atoms with Crippen molar-refractivity contribution >= 4 is 17.7 Å². The lowest BCUT2D eigenvalue weighted by molar-refractivity contribution is -0.143. The van der Waals surface area contributed by atoms with E-state index in [9.17, 15) is 31.1 Å². The molecule has 0 radical (unpaired) electrons. The molecule has 2 aromatic carbocycles. The lowest BCUT2D eigenvalue weighted by Crippen LogP contribution is -2.47. The van der Waals surface area contributed by atoms with Crippen LogP contribution >= 0.6 is 0 Å². The number of nitrogens with zero attached hydrogens (tertiary/aromatic N) is 2. The molecule has 252 valence electrons. The van der Waals surface area contributed by atoms with Crippen LogP contribution in [0, 0.1) is 17.7 Å². The van der Waals surface area contributed by atoms with Gasteiger partial charge in [-0.15, -0.1) is 0 Å². The highest BCUT2D eigenvalue weighted by Crippen LogP contribution is 2.39. The van der Waals surface area contributed by atoms with Gasteiger partial charge in [-0.25, -0.2) is 0 Å². The van der Waals surface area contributed by atoms with E-state index in [-0.39, 0.29) is 18.2 Å². The molecular weight excluding hydrogens is 606 g/mol. The van der Waals surface area contributed by atoms with Crippen LogP contribution in [0.1, 0.15) is 85.6 Å². The van der Waals surface area contributed by atoms with Crippen LogP contribution < -0.4 is 0 Å². The molecule has 0 spiro atoms. The predicted molar refractivity (Wildman–Crippen MR) is 168 cm³/mol. The second-order valence-electron chi connectivity index (χ2n) is 13.0. The zero-order valence-corrected chi connectivity index (χ0v) is 26.4. The lowest BCUT2D eigenvalue weighted by atomic mass is 9.69. The van der Waals surface area contributed by atoms with Gasteiger partial charge in [-0.3, -0.25) is 4.79 Å². The molecule has 2 aliphatic rings. The number of piperidine rings is 2. The van der Waals surface area contributed by atoms with Crippen molar-refractivity contribution in [1.82, 2.24) is 9.80 Å². The van der Waals surface area contributed by atoms with Gasteiger partial charge in [-0.2, -0.15) is 26.3 Å². The maximum absolute atomic E-state index is 13.4. The van der Waals surface area contributed by atoms with Crippen LogP contribution in [0.15, 0.2) is 42.5 Å². The predicted octanol–water partition coefficient (Wildman–Crippen LogP) is 8.26. The SMILES string of the molecule is Cc1ccc([C@@](CCC=N)(CCN2CCC(N3CCCCC3)CC2)CC(=N)C(=O)Cc2cc(C(F)(F)F)cc(C(F)(F)F)c2)cc1. The fourth-order valence-corrected chi connectivity index (χ4v) is 6.96. The molecule has 0 unspecified atom stereocenters. The third-order valence-electron chi connectivity index (χ3n) is 9.67. The van der Waals surface area contributed by atoms with E-state index in [0.717, 1.165) is 50.1 Å². The number of carbonyl (C=O) groups is 1. The molecule has 0 aliphatic carbocycles. The van der Waals surface area contributed by atoms with Gasteiger partial charge in [-0.05, 0) is 120 Å². The van der Waals surface area contributed by atoms with Crippen LogP contribution in [-0.2, 0) is 29.0 Å². The lowest BCUT2D eigenvalue weighted by Gasteiger charge is -2.42. The Morgan fingerprint density at radius 3 is 1.98 bits per heavy atom. The molecule has 0 bridgehead atoms. The van der Waals surface area contributed by atoms with Crippen LogP contribution in [0.5, 0.6) is 0 Å². The van der Waals surface area contributed by atoms with Crippen molar-refractivity contribution in [3.05, 3.63) is 70.3 Å². The molecule has 46 heavy (non-hydrogen) atoms. The van der Waals surface area contributed by atoms with E-state index >= 15 is 0 Å². The van der Waals surface area contributed by atoms with Crippen LogP contribution in [-0.4, -0.2) is 66.3 Å². The van der Waals surface area contributed by atoms with E-state index in [1.807, 2.05) is 31.2 Å². The normalized spacial score (nSPS) is 18.7. The molecule has 4 rings (SSSR count). The molecule has 2 saturated heterocycles. The number of halogens is 6. The molecular formula is C35H44F6N4O. The number of alkyl halides is 6. The first-order valence-corrected chi connectivity index (χ1v) is 16.1. The number of benzene rings is 2. The summed E-state index contributed by atoms with van der Waals surface area (Å²) in [5.41, 5.74) is -2.54. The smallest absolute Gasteiger partial charge is 0.313 e. The molecule has 2 aliphatic heterocycles. The van der Waals surface area contributed by atoms with Gasteiger partial charge in [0, 0.05) is 24.3 Å². The summed E-state index contributed by atoms with van der Waals surface area (Å²) in [6.45, 7) is 6.83. The van der Waals surface area contributed by atoms with Crippen molar-refractivity contribution < 1.29 is 31.1 Å². The van der Waals surface area contributed by atoms with Crippen molar-refractivity contribution in [2.75, 3.05) is 32.7 Å². The number of likely N-dealkylation sites (tertiary alicyclic amines) is 2. The van der Waals surface area contributed by atoms with Crippen molar-refractivity contribution in [1.29, 1.82) is 10.8 Å². The molecule has 0 amide bonds. The third-order valence-corrected chi connectivity index (χ3v) is 9.67. The fraction of sp³-hybridized carbons (Fsp3) is 0.571. The fourth-order valence-electron chi connectivity index (χ4n) is 6.96. The number of Topliss-reactive ketones (excluding diaryl/α,β-unsaturated/α-hetero) is 1. The molecule has 5 nitrogen and oxygen atoms in total. The summed E-state index contributed by atoms with van der Waals surface area (Å²) >= 11 is 0. The highest BCUT2D eigenvalue weighted by Gasteiger charge is 2.38. The van der Waals surface area contributed by atoms with E-state index < -0.39 is 46.7 Å². The number of aryl methyl sites for hydroxylation is 1. The van der Waals surface area contributed by atoms with Gasteiger partial charge in [0.2, 0.25) is 0 Å². The molecule has 2 N–H and O–H groups in total. The van der Waals surface area contributed by atoms with Crippen molar-refractivity contribution in [2.45, 2.75) is 94.9 Å². The summed E-state index contributed by atoms with van der Waals surface area (Å²) in [5, 5.41) is 16.5. The van der Waals surface area contributed by atoms with Gasteiger partial charge in [0.05, 0.1) is 16.8 Å². The average molecular weight is 651 g/mol. The van der Waals surface area contributed by atoms with Gasteiger partial charge in [-0.1, -0.05) is 36.2 Å². The van der Waals surface area contributed by atoms with E-state index in [1.54, 1.807) is 0 Å². The third kappa shape index (κ3) is 9.50. The Balaban J connectivity index is 1.54. The highest BCUT2D eigenvalue weighted by molar-refractivity contribution is 6.39. The Hall–Kier alpha value is -3.05. The van der Waals surface area contributed by atoms with E-state index in [2.05, 4.69) is 9.80 Å². The molecule has 0 aromatic heterocycles. The number of nitrogens with one attached hydrogen (secondary N) is 2. The van der Waals surface area contributed by atoms with Crippen LogP contribution in [0.4, 0.5) is 26.3 Å². The van der Waals surface area contributed by atoms with E-state index in [0.29, 0.717) is 44.0 Å². The van der Waals surface area contributed by atoms with Crippen molar-refractivity contribution in [3.63, 3.8) is 0 Å². The Morgan fingerprint density at radius 1 is 0.848 bits per heavy atom. The summed E-state index contributed by atoms with van der Waals surface area (Å²) in [4.78, 5) is 18.3. The number of rotatable bonds is 13. The van der Waals surface area contributed by atoms with Gasteiger partial charge < -0.3 is 20.6 Å². The summed E-state index contributed by atoms with van der Waals surface area (Å²) in [6.07, 6.45) is -2.15. The van der Waals surface area contributed by atoms with Crippen molar-refractivity contribution in [3.8, 4) is 0 Å². The first-order valence-electron chi connectivity index (χ1n) is 16.1. The molecule has 1 atom stereocenters.